The molecule has 1 atom stereocenters. The molecule has 0 bridgehead atoms. The summed E-state index contributed by atoms with van der Waals surface area (Å²) in [7, 11) is 0. The van der Waals surface area contributed by atoms with Crippen molar-refractivity contribution >= 4 is 0 Å². The van der Waals surface area contributed by atoms with Crippen LogP contribution in [-0.4, -0.2) is 11.7 Å². The van der Waals surface area contributed by atoms with Crippen LogP contribution in [0.15, 0.2) is 24.3 Å². The van der Waals surface area contributed by atoms with Crippen LogP contribution < -0.4 is 4.74 Å². The van der Waals surface area contributed by atoms with E-state index < -0.39 is 6.10 Å². The molecule has 1 aromatic carbocycles. The van der Waals surface area contributed by atoms with Gasteiger partial charge in [-0.25, -0.2) is 0 Å². The zero-order valence-electron chi connectivity index (χ0n) is 10.4. The van der Waals surface area contributed by atoms with Crippen molar-refractivity contribution in [1.82, 2.24) is 0 Å². The smallest absolute Gasteiger partial charge is 0.125 e. The van der Waals surface area contributed by atoms with Crippen molar-refractivity contribution in [2.45, 2.75) is 39.7 Å². The highest BCUT2D eigenvalue weighted by molar-refractivity contribution is 5.35. The first kappa shape index (κ1) is 13.0. The van der Waals surface area contributed by atoms with Gasteiger partial charge in [0.2, 0.25) is 0 Å². The van der Waals surface area contributed by atoms with Crippen molar-refractivity contribution in [3.05, 3.63) is 29.8 Å². The average molecular weight is 222 g/mol. The van der Waals surface area contributed by atoms with Gasteiger partial charge in [-0.05, 0) is 18.4 Å². The first-order valence-electron chi connectivity index (χ1n) is 6.05. The van der Waals surface area contributed by atoms with Crippen molar-refractivity contribution in [3.63, 3.8) is 0 Å². The van der Waals surface area contributed by atoms with Crippen LogP contribution in [0.2, 0.25) is 0 Å². The highest BCUT2D eigenvalue weighted by atomic mass is 16.5. The highest BCUT2D eigenvalue weighted by Crippen LogP contribution is 2.28. The van der Waals surface area contributed by atoms with Crippen LogP contribution in [0.3, 0.4) is 0 Å². The van der Waals surface area contributed by atoms with Gasteiger partial charge in [-0.1, -0.05) is 45.4 Å². The molecule has 0 spiro atoms. The van der Waals surface area contributed by atoms with Crippen molar-refractivity contribution < 1.29 is 9.84 Å². The minimum atomic E-state index is -0.409. The summed E-state index contributed by atoms with van der Waals surface area (Å²) < 4.78 is 5.71. The number of benzene rings is 1. The summed E-state index contributed by atoms with van der Waals surface area (Å²) in [6.07, 6.45) is 1.34. The van der Waals surface area contributed by atoms with E-state index in [9.17, 15) is 5.11 Å². The van der Waals surface area contributed by atoms with Gasteiger partial charge in [0, 0.05) is 5.56 Å². The number of rotatable bonds is 6. The molecule has 0 aliphatic rings. The van der Waals surface area contributed by atoms with Gasteiger partial charge >= 0.3 is 0 Å². The van der Waals surface area contributed by atoms with E-state index in [0.717, 1.165) is 24.2 Å². The standard InChI is InChI=1S/C14H22O2/c1-4-7-13(15)12-8-5-6-9-14(12)16-10-11(2)3/h5-6,8-9,11,13,15H,4,7,10H2,1-3H3. The van der Waals surface area contributed by atoms with Gasteiger partial charge in [0.1, 0.15) is 5.75 Å². The normalized spacial score (nSPS) is 12.8. The van der Waals surface area contributed by atoms with E-state index in [1.165, 1.54) is 0 Å². The number of ether oxygens (including phenoxy) is 1. The Balaban J connectivity index is 2.74. The zero-order chi connectivity index (χ0) is 12.0. The third-order valence-electron chi connectivity index (χ3n) is 2.41. The third-order valence-corrected chi connectivity index (χ3v) is 2.41. The van der Waals surface area contributed by atoms with E-state index in [1.54, 1.807) is 0 Å². The van der Waals surface area contributed by atoms with Gasteiger partial charge in [-0.3, -0.25) is 0 Å². The maximum Gasteiger partial charge on any atom is 0.125 e. The topological polar surface area (TPSA) is 29.5 Å². The van der Waals surface area contributed by atoms with Crippen molar-refractivity contribution in [2.75, 3.05) is 6.61 Å². The molecule has 2 heteroatoms. The summed E-state index contributed by atoms with van der Waals surface area (Å²) in [4.78, 5) is 0. The summed E-state index contributed by atoms with van der Waals surface area (Å²) in [6.45, 7) is 6.99. The number of hydrogen-bond donors (Lipinski definition) is 1. The van der Waals surface area contributed by atoms with Gasteiger partial charge in [0.25, 0.3) is 0 Å². The molecule has 0 amide bonds. The molecule has 1 rings (SSSR count). The molecule has 1 N–H and O–H groups in total. The minimum absolute atomic E-state index is 0.409. The van der Waals surface area contributed by atoms with E-state index >= 15 is 0 Å². The Hall–Kier alpha value is -1.02. The van der Waals surface area contributed by atoms with Crippen LogP contribution in [-0.2, 0) is 0 Å². The summed E-state index contributed by atoms with van der Waals surface area (Å²) in [5, 5.41) is 9.99. The van der Waals surface area contributed by atoms with E-state index in [0.29, 0.717) is 12.5 Å². The Bertz CT molecular complexity index is 307. The molecular weight excluding hydrogens is 200 g/mol. The second-order valence-corrected chi connectivity index (χ2v) is 4.55. The molecule has 0 radical (unpaired) electrons. The molecule has 0 saturated carbocycles. The summed E-state index contributed by atoms with van der Waals surface area (Å²) in [5.41, 5.74) is 0.907. The van der Waals surface area contributed by atoms with E-state index in [1.807, 2.05) is 24.3 Å². The van der Waals surface area contributed by atoms with Gasteiger partial charge in [-0.2, -0.15) is 0 Å². The van der Waals surface area contributed by atoms with Crippen LogP contribution in [0.1, 0.15) is 45.3 Å². The van der Waals surface area contributed by atoms with Gasteiger partial charge in [-0.15, -0.1) is 0 Å². The Labute approximate surface area is 98.3 Å². The molecule has 1 aromatic rings. The van der Waals surface area contributed by atoms with Crippen molar-refractivity contribution in [1.29, 1.82) is 0 Å². The number of para-hydroxylation sites is 1. The molecule has 1 unspecified atom stereocenters. The Kier molecular flexibility index (Phi) is 5.33. The van der Waals surface area contributed by atoms with Gasteiger partial charge in [0.05, 0.1) is 12.7 Å². The summed E-state index contributed by atoms with van der Waals surface area (Å²) >= 11 is 0. The van der Waals surface area contributed by atoms with E-state index in [-0.39, 0.29) is 0 Å². The monoisotopic (exact) mass is 222 g/mol. The van der Waals surface area contributed by atoms with Crippen LogP contribution >= 0.6 is 0 Å². The number of aliphatic hydroxyl groups is 1. The molecule has 0 aliphatic carbocycles. The zero-order valence-corrected chi connectivity index (χ0v) is 10.4. The van der Waals surface area contributed by atoms with Crippen molar-refractivity contribution in [3.8, 4) is 5.75 Å². The van der Waals surface area contributed by atoms with Crippen LogP contribution in [0.25, 0.3) is 0 Å². The lowest BCUT2D eigenvalue weighted by atomic mass is 10.0. The minimum Gasteiger partial charge on any atom is -0.493 e. The van der Waals surface area contributed by atoms with Gasteiger partial charge in [0.15, 0.2) is 0 Å². The predicted octanol–water partition coefficient (Wildman–Crippen LogP) is 3.55. The van der Waals surface area contributed by atoms with E-state index in [4.69, 9.17) is 4.74 Å². The van der Waals surface area contributed by atoms with Crippen LogP contribution in [0, 0.1) is 5.92 Å². The first-order chi connectivity index (χ1) is 7.65. The summed E-state index contributed by atoms with van der Waals surface area (Å²) in [6, 6.07) is 7.75. The van der Waals surface area contributed by atoms with Crippen LogP contribution in [0.5, 0.6) is 5.75 Å². The second-order valence-electron chi connectivity index (χ2n) is 4.55. The average Bonchev–Trinajstić information content (AvgIpc) is 2.27. The Morgan fingerprint density at radius 2 is 1.94 bits per heavy atom. The Morgan fingerprint density at radius 1 is 1.25 bits per heavy atom. The number of aliphatic hydroxyl groups excluding tert-OH is 1. The maximum atomic E-state index is 9.99. The maximum absolute atomic E-state index is 9.99. The highest BCUT2D eigenvalue weighted by Gasteiger charge is 2.12. The fraction of sp³-hybridized carbons (Fsp3) is 0.571. The molecule has 0 aliphatic heterocycles. The molecule has 16 heavy (non-hydrogen) atoms. The second kappa shape index (κ2) is 6.54. The fourth-order valence-corrected chi connectivity index (χ4v) is 1.57. The number of hydrogen-bond acceptors (Lipinski definition) is 2. The molecule has 90 valence electrons. The SMILES string of the molecule is CCCC(O)c1ccccc1OCC(C)C. The lowest BCUT2D eigenvalue weighted by Crippen LogP contribution is -2.08. The third kappa shape index (κ3) is 3.86. The lowest BCUT2D eigenvalue weighted by molar-refractivity contribution is 0.158. The summed E-state index contributed by atoms with van der Waals surface area (Å²) in [5.74, 6) is 1.31. The van der Waals surface area contributed by atoms with E-state index in [2.05, 4.69) is 20.8 Å². The largest absolute Gasteiger partial charge is 0.493 e. The van der Waals surface area contributed by atoms with Crippen molar-refractivity contribution in [2.24, 2.45) is 5.92 Å². The predicted molar refractivity (Wildman–Crippen MR) is 66.6 cm³/mol. The fourth-order valence-electron chi connectivity index (χ4n) is 1.57. The van der Waals surface area contributed by atoms with Gasteiger partial charge < -0.3 is 9.84 Å². The first-order valence-corrected chi connectivity index (χ1v) is 6.05. The Morgan fingerprint density at radius 3 is 2.56 bits per heavy atom. The lowest BCUT2D eigenvalue weighted by Gasteiger charge is -2.16. The molecule has 0 saturated heterocycles. The molecule has 0 heterocycles. The van der Waals surface area contributed by atoms with Crippen LogP contribution in [0.4, 0.5) is 0 Å². The quantitative estimate of drug-likeness (QED) is 0.797. The molecule has 2 nitrogen and oxygen atoms in total. The molecule has 0 aromatic heterocycles. The molecule has 0 fully saturated rings. The molecular formula is C14H22O2.